The van der Waals surface area contributed by atoms with Gasteiger partial charge in [0.05, 0.1) is 12.2 Å². The molecule has 2 N–H and O–H groups in total. The van der Waals surface area contributed by atoms with Crippen LogP contribution in [0.1, 0.15) is 41.9 Å². The Hall–Kier alpha value is -1.61. The van der Waals surface area contributed by atoms with Crippen LogP contribution in [0.2, 0.25) is 0 Å². The predicted octanol–water partition coefficient (Wildman–Crippen LogP) is 3.15. The molecule has 1 atom stereocenters. The molecule has 19 heavy (non-hydrogen) atoms. The molecule has 102 valence electrons. The summed E-state index contributed by atoms with van der Waals surface area (Å²) in [5.74, 6) is 0. The van der Waals surface area contributed by atoms with Gasteiger partial charge in [-0.2, -0.15) is 5.10 Å². The molecule has 1 unspecified atom stereocenters. The molecule has 0 spiro atoms. The summed E-state index contributed by atoms with van der Waals surface area (Å²) in [6, 6.07) is 10.7. The molecule has 0 aliphatic rings. The van der Waals surface area contributed by atoms with Crippen LogP contribution in [0.3, 0.4) is 0 Å². The van der Waals surface area contributed by atoms with Gasteiger partial charge in [-0.15, -0.1) is 0 Å². The highest BCUT2D eigenvalue weighted by atomic mass is 15.3. The van der Waals surface area contributed by atoms with E-state index in [2.05, 4.69) is 49.3 Å². The molecule has 1 aromatic heterocycles. The summed E-state index contributed by atoms with van der Waals surface area (Å²) in [6.45, 7) is 7.00. The molecule has 0 aliphatic carbocycles. The molecule has 1 heterocycles. The van der Waals surface area contributed by atoms with Gasteiger partial charge in [-0.05, 0) is 37.5 Å². The zero-order valence-corrected chi connectivity index (χ0v) is 12.1. The molecular formula is C16H23N3. The second kappa shape index (κ2) is 6.02. The first-order valence-electron chi connectivity index (χ1n) is 6.95. The summed E-state index contributed by atoms with van der Waals surface area (Å²) in [6.07, 6.45) is 2.31. The normalized spacial score (nSPS) is 12.6. The maximum atomic E-state index is 6.27. The lowest BCUT2D eigenvalue weighted by molar-refractivity contribution is 0.515. The van der Waals surface area contributed by atoms with Crippen molar-refractivity contribution in [2.75, 3.05) is 0 Å². The minimum absolute atomic E-state index is 0.00586. The van der Waals surface area contributed by atoms with Crippen molar-refractivity contribution in [1.29, 1.82) is 0 Å². The number of hydrogen-bond donors (Lipinski definition) is 1. The maximum absolute atomic E-state index is 6.27. The smallest absolute Gasteiger partial charge is 0.0605 e. The lowest BCUT2D eigenvalue weighted by Crippen LogP contribution is -2.19. The van der Waals surface area contributed by atoms with Crippen LogP contribution in [0, 0.1) is 13.8 Å². The Morgan fingerprint density at radius 1 is 1.21 bits per heavy atom. The molecule has 0 amide bonds. The van der Waals surface area contributed by atoms with Gasteiger partial charge in [-0.25, -0.2) is 0 Å². The van der Waals surface area contributed by atoms with Crippen molar-refractivity contribution in [3.05, 3.63) is 52.8 Å². The third-order valence-electron chi connectivity index (χ3n) is 3.42. The van der Waals surface area contributed by atoms with E-state index in [9.17, 15) is 0 Å². The van der Waals surface area contributed by atoms with Crippen molar-refractivity contribution in [3.63, 3.8) is 0 Å². The number of aromatic nitrogens is 2. The third kappa shape index (κ3) is 3.44. The number of hydrogen-bond acceptors (Lipinski definition) is 2. The molecule has 0 saturated carbocycles. The minimum Gasteiger partial charge on any atom is -0.322 e. The number of rotatable bonds is 5. The quantitative estimate of drug-likeness (QED) is 0.894. The standard InChI is InChI=1S/C16H23N3/c1-4-5-14-6-8-15(9-7-14)16(17)11-19-13(3)10-12(2)18-19/h6-10,16H,4-5,11,17H2,1-3H3. The molecule has 2 aromatic rings. The number of nitrogens with two attached hydrogens (primary N) is 1. The first kappa shape index (κ1) is 13.8. The van der Waals surface area contributed by atoms with Crippen LogP contribution >= 0.6 is 0 Å². The Kier molecular flexibility index (Phi) is 4.38. The van der Waals surface area contributed by atoms with Crippen LogP contribution < -0.4 is 5.73 Å². The summed E-state index contributed by atoms with van der Waals surface area (Å²) >= 11 is 0. The fourth-order valence-electron chi connectivity index (χ4n) is 2.37. The van der Waals surface area contributed by atoms with Crippen LogP contribution in [0.4, 0.5) is 0 Å². The van der Waals surface area contributed by atoms with Crippen LogP contribution in [0.5, 0.6) is 0 Å². The molecule has 0 bridgehead atoms. The molecule has 3 heteroatoms. The van der Waals surface area contributed by atoms with Gasteiger partial charge in [-0.1, -0.05) is 37.6 Å². The molecule has 0 radical (unpaired) electrons. The highest BCUT2D eigenvalue weighted by Crippen LogP contribution is 2.15. The fraction of sp³-hybridized carbons (Fsp3) is 0.438. The lowest BCUT2D eigenvalue weighted by atomic mass is 10.0. The van der Waals surface area contributed by atoms with E-state index in [1.165, 1.54) is 17.5 Å². The molecule has 0 fully saturated rings. The Bertz CT molecular complexity index is 525. The van der Waals surface area contributed by atoms with Crippen LogP contribution in [-0.4, -0.2) is 9.78 Å². The summed E-state index contributed by atoms with van der Waals surface area (Å²) < 4.78 is 1.99. The second-order valence-corrected chi connectivity index (χ2v) is 5.21. The average Bonchev–Trinajstić information content (AvgIpc) is 2.69. The molecule has 1 aromatic carbocycles. The SMILES string of the molecule is CCCc1ccc(C(N)Cn2nc(C)cc2C)cc1. The summed E-state index contributed by atoms with van der Waals surface area (Å²) in [4.78, 5) is 0. The van der Waals surface area contributed by atoms with E-state index in [0.717, 1.165) is 24.4 Å². The van der Waals surface area contributed by atoms with E-state index in [0.29, 0.717) is 0 Å². The monoisotopic (exact) mass is 257 g/mol. The molecule has 0 saturated heterocycles. The van der Waals surface area contributed by atoms with Gasteiger partial charge in [0.25, 0.3) is 0 Å². The molecular weight excluding hydrogens is 234 g/mol. The van der Waals surface area contributed by atoms with Crippen LogP contribution in [-0.2, 0) is 13.0 Å². The van der Waals surface area contributed by atoms with Crippen molar-refractivity contribution in [2.24, 2.45) is 5.73 Å². The number of benzene rings is 1. The van der Waals surface area contributed by atoms with E-state index < -0.39 is 0 Å². The topological polar surface area (TPSA) is 43.8 Å². The third-order valence-corrected chi connectivity index (χ3v) is 3.42. The molecule has 2 rings (SSSR count). The average molecular weight is 257 g/mol. The first-order valence-corrected chi connectivity index (χ1v) is 6.95. The summed E-state index contributed by atoms with van der Waals surface area (Å²) in [5.41, 5.74) is 11.0. The largest absolute Gasteiger partial charge is 0.322 e. The summed E-state index contributed by atoms with van der Waals surface area (Å²) in [7, 11) is 0. The number of aryl methyl sites for hydroxylation is 3. The van der Waals surface area contributed by atoms with E-state index in [-0.39, 0.29) is 6.04 Å². The highest BCUT2D eigenvalue weighted by molar-refractivity contribution is 5.25. The van der Waals surface area contributed by atoms with Gasteiger partial charge in [0, 0.05) is 11.7 Å². The van der Waals surface area contributed by atoms with E-state index in [1.54, 1.807) is 0 Å². The van der Waals surface area contributed by atoms with Gasteiger partial charge >= 0.3 is 0 Å². The van der Waals surface area contributed by atoms with Crippen molar-refractivity contribution in [1.82, 2.24) is 9.78 Å². The van der Waals surface area contributed by atoms with Crippen LogP contribution in [0.15, 0.2) is 30.3 Å². The van der Waals surface area contributed by atoms with E-state index >= 15 is 0 Å². The maximum Gasteiger partial charge on any atom is 0.0605 e. The van der Waals surface area contributed by atoms with Crippen LogP contribution in [0.25, 0.3) is 0 Å². The molecule has 3 nitrogen and oxygen atoms in total. The lowest BCUT2D eigenvalue weighted by Gasteiger charge is -2.14. The van der Waals surface area contributed by atoms with Gasteiger partial charge in [0.2, 0.25) is 0 Å². The zero-order chi connectivity index (χ0) is 13.8. The van der Waals surface area contributed by atoms with Gasteiger partial charge < -0.3 is 5.73 Å². The Labute approximate surface area is 115 Å². The van der Waals surface area contributed by atoms with Gasteiger partial charge in [-0.3, -0.25) is 4.68 Å². The van der Waals surface area contributed by atoms with Crippen molar-refractivity contribution >= 4 is 0 Å². The minimum atomic E-state index is -0.00586. The van der Waals surface area contributed by atoms with Gasteiger partial charge in [0.1, 0.15) is 0 Å². The number of nitrogens with zero attached hydrogens (tertiary/aromatic N) is 2. The van der Waals surface area contributed by atoms with E-state index in [1.807, 2.05) is 11.6 Å². The Balaban J connectivity index is 2.07. The van der Waals surface area contributed by atoms with E-state index in [4.69, 9.17) is 5.73 Å². The summed E-state index contributed by atoms with van der Waals surface area (Å²) in [5, 5.41) is 4.46. The highest BCUT2D eigenvalue weighted by Gasteiger charge is 2.09. The first-order chi connectivity index (χ1) is 9.10. The molecule has 0 aliphatic heterocycles. The Morgan fingerprint density at radius 2 is 1.89 bits per heavy atom. The second-order valence-electron chi connectivity index (χ2n) is 5.21. The van der Waals surface area contributed by atoms with Crippen molar-refractivity contribution < 1.29 is 0 Å². The predicted molar refractivity (Wildman–Crippen MR) is 79.1 cm³/mol. The fourth-order valence-corrected chi connectivity index (χ4v) is 2.37. The Morgan fingerprint density at radius 3 is 2.42 bits per heavy atom. The van der Waals surface area contributed by atoms with Crippen molar-refractivity contribution in [3.8, 4) is 0 Å². The van der Waals surface area contributed by atoms with Crippen molar-refractivity contribution in [2.45, 2.75) is 46.2 Å². The zero-order valence-electron chi connectivity index (χ0n) is 12.1. The van der Waals surface area contributed by atoms with Gasteiger partial charge in [0.15, 0.2) is 0 Å².